The first-order valence-electron chi connectivity index (χ1n) is 33.3. The molecule has 0 aliphatic heterocycles. The van der Waals surface area contributed by atoms with Crippen molar-refractivity contribution in [1.29, 1.82) is 0 Å². The Kier molecular flexibility index (Phi) is 57.0. The van der Waals surface area contributed by atoms with Crippen molar-refractivity contribution in [1.82, 2.24) is 5.00 Å². The number of hydrogen-bond acceptors (Lipinski definition) is 20. The van der Waals surface area contributed by atoms with Crippen molar-refractivity contribution in [3.05, 3.63) is 178 Å². The maximum absolute atomic E-state index is 11.4. The number of esters is 4. The van der Waals surface area contributed by atoms with Crippen LogP contribution in [-0.4, -0.2) is 122 Å². The van der Waals surface area contributed by atoms with Crippen LogP contribution in [0.1, 0.15) is 185 Å². The van der Waals surface area contributed by atoms with Gasteiger partial charge < -0.3 is 59.0 Å². The Balaban J connectivity index is 0. The summed E-state index contributed by atoms with van der Waals surface area (Å²) >= 11 is 7.64. The number of alkyl halides is 1. The maximum Gasteiger partial charge on any atom is 0.341 e. The third kappa shape index (κ3) is 37.9. The molecule has 8 aromatic carbocycles. The zero-order valence-corrected chi connectivity index (χ0v) is 60.1. The number of carbonyl (C=O) groups is 6. The van der Waals surface area contributed by atoms with Gasteiger partial charge in [-0.15, -0.1) is 5.00 Å². The average molecular weight is 1510 g/mol. The standard InChI is InChI=1S/C19H23NO4.C19H21NO4.C19H22O4.C11H8O2.C8H15BrO2.CH4O.3CH4.ClH2NO/c2*1-2-23-19(21)10-4-3-7-13-24-18-12-11-15-8-5-6-9-16(15)17(18)14-20-22;1-2-22-19(21)10-4-3-7-13-23-18-12-11-15-8-5-6-9-16(15)17(18)14-20;12-7-10-9-4-2-1-3-8(9)5-6-11(10)13;1-2-11-8(10)6-4-3-5-7-9;1-2;;;;1-2-3/h5-6,8-9,11-12,14,22H,2-4,7,10,13H2,1H3;5-6,8-9,11-12H,2-4,7,10,13H2,1H3;5-6,8-9,11-12,14H,2-4,7,10,13H2,1H3;1-7,13H;2-7H2,1H3;2H,1H3;3*1H4;2-3H/b20-14+;;;;;;;;;. The molecule has 0 fully saturated rings. The number of carbonyl (C=O) groups excluding carboxylic acids is 6. The van der Waals surface area contributed by atoms with Crippen molar-refractivity contribution >= 4 is 113 Å². The molecule has 0 aliphatic carbocycles. The Morgan fingerprint density at radius 3 is 1.15 bits per heavy atom. The Morgan fingerprint density at radius 1 is 0.476 bits per heavy atom. The van der Waals surface area contributed by atoms with Gasteiger partial charge in [-0.05, 0) is 160 Å². The van der Waals surface area contributed by atoms with Gasteiger partial charge in [0.1, 0.15) is 23.0 Å². The number of benzene rings is 8. The van der Waals surface area contributed by atoms with Crippen molar-refractivity contribution in [2.24, 2.45) is 5.16 Å². The maximum atomic E-state index is 11.4. The molecule has 8 aromatic rings. The SMILES string of the molecule is C.C.C.CCOC(=O)CCCCCBr.CCOC(=O)CCCCCOc1ccc2ccccc2c1/C=N/O.CCOC(=O)CCCCCOc1ccc2ccccc2c1C#[N+][O-].CCOC(=O)CCCCCOc1ccc2ccccc2c1C=O.CO.O=Cc1c(O)ccc2ccccc12.ONCl. The number of rotatable bonds is 33. The molecular formula is C80H107BrClN3O18. The van der Waals surface area contributed by atoms with E-state index in [1.807, 2.05) is 147 Å². The Morgan fingerprint density at radius 2 is 0.786 bits per heavy atom. The fourth-order valence-corrected chi connectivity index (χ4v) is 10.1. The summed E-state index contributed by atoms with van der Waals surface area (Å²) in [4.78, 5) is 67.8. The quantitative estimate of drug-likeness (QED) is 0.00294. The number of nitrogens with zero attached hydrogens (tertiary/aromatic N) is 2. The van der Waals surface area contributed by atoms with Gasteiger partial charge in [-0.2, -0.15) is 0 Å². The molecule has 0 radical (unpaired) electrons. The minimum Gasteiger partial charge on any atom is -0.507 e. The fourth-order valence-electron chi connectivity index (χ4n) is 9.72. The first kappa shape index (κ1) is 95.7. The molecule has 8 rings (SSSR count). The van der Waals surface area contributed by atoms with E-state index in [4.69, 9.17) is 48.7 Å². The van der Waals surface area contributed by atoms with Crippen LogP contribution in [0.2, 0.25) is 0 Å². The Labute approximate surface area is 621 Å². The molecule has 21 nitrogen and oxygen atoms in total. The van der Waals surface area contributed by atoms with Crippen molar-refractivity contribution in [3.63, 3.8) is 0 Å². The minimum atomic E-state index is -0.156. The minimum absolute atomic E-state index is 0. The summed E-state index contributed by atoms with van der Waals surface area (Å²) in [6.45, 7) is 10.6. The van der Waals surface area contributed by atoms with Gasteiger partial charge in [0, 0.05) is 65.9 Å². The number of oxime groups is 1. The normalized spacial score (nSPS) is 9.80. The lowest BCUT2D eigenvalue weighted by Crippen LogP contribution is -2.04. The number of nitrogens with one attached hydrogen (secondary N) is 1. The molecule has 0 aliphatic rings. The van der Waals surface area contributed by atoms with E-state index in [2.05, 4.69) is 43.9 Å². The number of halogens is 2. The summed E-state index contributed by atoms with van der Waals surface area (Å²) < 4.78 is 36.8. The highest BCUT2D eigenvalue weighted by Gasteiger charge is 2.14. The number of aromatic hydroxyl groups is 1. The lowest BCUT2D eigenvalue weighted by molar-refractivity contribution is -0.144. The molecule has 564 valence electrons. The predicted octanol–water partition coefficient (Wildman–Crippen LogP) is 19.3. The van der Waals surface area contributed by atoms with E-state index in [1.165, 1.54) is 17.3 Å². The highest BCUT2D eigenvalue weighted by Crippen LogP contribution is 2.31. The fraction of sp³-hybridized carbons (Fsp3) is 0.400. The zero-order chi connectivity index (χ0) is 73.4. The topological polar surface area (TPSA) is 300 Å². The van der Waals surface area contributed by atoms with E-state index in [0.717, 1.165) is 144 Å². The van der Waals surface area contributed by atoms with E-state index >= 15 is 0 Å². The van der Waals surface area contributed by atoms with Crippen molar-refractivity contribution in [2.75, 3.05) is 58.7 Å². The lowest BCUT2D eigenvalue weighted by Gasteiger charge is -2.11. The van der Waals surface area contributed by atoms with E-state index in [-0.39, 0.29) is 51.9 Å². The summed E-state index contributed by atoms with van der Waals surface area (Å²) in [5, 5.41) is 57.6. The van der Waals surface area contributed by atoms with Crippen molar-refractivity contribution in [2.45, 2.75) is 153 Å². The summed E-state index contributed by atoms with van der Waals surface area (Å²) in [6.07, 6.45) is 15.6. The number of unbranched alkanes of at least 4 members (excludes halogenated alkanes) is 8. The van der Waals surface area contributed by atoms with E-state index in [0.29, 0.717) is 112 Å². The number of aliphatic hydroxyl groups is 1. The van der Waals surface area contributed by atoms with Crippen LogP contribution in [-0.2, 0) is 38.1 Å². The molecule has 0 amide bonds. The number of phenolic OH excluding ortho intramolecular Hbond substituents is 1. The molecule has 0 saturated carbocycles. The van der Waals surface area contributed by atoms with Gasteiger partial charge in [-0.3, -0.25) is 28.8 Å². The number of fused-ring (bicyclic) bond motifs is 4. The molecule has 0 bridgehead atoms. The zero-order valence-electron chi connectivity index (χ0n) is 57.7. The van der Waals surface area contributed by atoms with Crippen LogP contribution in [0, 0.1) is 11.3 Å². The van der Waals surface area contributed by atoms with Crippen LogP contribution in [0.25, 0.3) is 48.1 Å². The van der Waals surface area contributed by atoms with Crippen molar-refractivity contribution in [3.8, 4) is 29.1 Å². The number of aliphatic hydroxyl groups excluding tert-OH is 1. The molecule has 5 N–H and O–H groups in total. The van der Waals surface area contributed by atoms with Crippen LogP contribution in [0.4, 0.5) is 0 Å². The summed E-state index contributed by atoms with van der Waals surface area (Å²) in [6, 6.07) is 48.1. The van der Waals surface area contributed by atoms with Gasteiger partial charge in [0.15, 0.2) is 18.1 Å². The van der Waals surface area contributed by atoms with Gasteiger partial charge in [-0.25, -0.2) is 0 Å². The lowest BCUT2D eigenvalue weighted by atomic mass is 10.0. The molecule has 23 heteroatoms. The first-order valence-corrected chi connectivity index (χ1v) is 34.8. The van der Waals surface area contributed by atoms with Crippen molar-refractivity contribution < 1.29 is 82.6 Å². The molecule has 0 spiro atoms. The molecule has 0 aromatic heterocycles. The second-order valence-corrected chi connectivity index (χ2v) is 22.2. The second-order valence-electron chi connectivity index (χ2n) is 21.2. The summed E-state index contributed by atoms with van der Waals surface area (Å²) in [7, 11) is 1.00. The molecule has 0 atom stereocenters. The van der Waals surface area contributed by atoms with E-state index in [1.54, 1.807) is 19.9 Å². The molecule has 0 unspecified atom stereocenters. The molecule has 0 saturated heterocycles. The Bertz CT molecular complexity index is 3770. The van der Waals surface area contributed by atoms with Crippen LogP contribution in [0.15, 0.2) is 151 Å². The van der Waals surface area contributed by atoms with Gasteiger partial charge in [0.2, 0.25) is 0 Å². The summed E-state index contributed by atoms with van der Waals surface area (Å²) in [5.41, 5.74) is 2.30. The van der Waals surface area contributed by atoms with Gasteiger partial charge >= 0.3 is 29.9 Å². The van der Waals surface area contributed by atoms with E-state index in [9.17, 15) is 39.1 Å². The second kappa shape index (κ2) is 61.3. The van der Waals surface area contributed by atoms with Gasteiger partial charge in [0.25, 0.3) is 0 Å². The van der Waals surface area contributed by atoms with Crippen LogP contribution < -0.4 is 19.2 Å². The van der Waals surface area contributed by atoms with Gasteiger partial charge in [-0.1, -0.05) is 171 Å². The number of hydrogen-bond donors (Lipinski definition) is 5. The van der Waals surface area contributed by atoms with Crippen LogP contribution >= 0.6 is 27.7 Å². The summed E-state index contributed by atoms with van der Waals surface area (Å²) in [5.74, 6) is 1.42. The molecule has 103 heavy (non-hydrogen) atoms. The number of aldehydes is 2. The third-order valence-corrected chi connectivity index (χ3v) is 14.9. The average Bonchev–Trinajstić information content (AvgIpc) is 0.830. The predicted molar refractivity (Wildman–Crippen MR) is 417 cm³/mol. The highest BCUT2D eigenvalue weighted by atomic mass is 79.9. The van der Waals surface area contributed by atoms with Crippen LogP contribution in [0.5, 0.6) is 23.0 Å². The van der Waals surface area contributed by atoms with E-state index < -0.39 is 0 Å². The van der Waals surface area contributed by atoms with Crippen LogP contribution in [0.3, 0.4) is 0 Å². The third-order valence-electron chi connectivity index (χ3n) is 14.4. The Hall–Kier alpha value is -9.37. The molecule has 0 heterocycles. The highest BCUT2D eigenvalue weighted by molar-refractivity contribution is 9.09. The largest absolute Gasteiger partial charge is 0.507 e. The first-order chi connectivity index (χ1) is 48.8. The number of phenols is 1. The smallest absolute Gasteiger partial charge is 0.341 e. The molecular weight excluding hydrogens is 1410 g/mol. The van der Waals surface area contributed by atoms with Gasteiger partial charge in [0.05, 0.1) is 63.6 Å². The number of ether oxygens (including phenoxy) is 7. The monoisotopic (exact) mass is 1510 g/mol.